The Morgan fingerprint density at radius 3 is 2.38 bits per heavy atom. The summed E-state index contributed by atoms with van der Waals surface area (Å²) >= 11 is 3.49. The molecule has 0 heterocycles. The molecule has 3 nitrogen and oxygen atoms in total. The van der Waals surface area contributed by atoms with Crippen LogP contribution in [0.4, 0.5) is 0 Å². The van der Waals surface area contributed by atoms with E-state index in [-0.39, 0.29) is 17.4 Å². The highest BCUT2D eigenvalue weighted by Gasteiger charge is 2.49. The molecule has 2 aromatic carbocycles. The Balaban J connectivity index is 1.52. The number of halogens is 1. The van der Waals surface area contributed by atoms with Gasteiger partial charge in [-0.05, 0) is 68.5 Å². The van der Waals surface area contributed by atoms with E-state index in [1.165, 1.54) is 5.56 Å². The van der Waals surface area contributed by atoms with Crippen molar-refractivity contribution in [2.45, 2.75) is 51.0 Å². The second-order valence-electron chi connectivity index (χ2n) is 7.03. The first kappa shape index (κ1) is 19.0. The normalized spacial score (nSPS) is 16.0. The van der Waals surface area contributed by atoms with Gasteiger partial charge in [-0.1, -0.05) is 40.2 Å². The molecule has 26 heavy (non-hydrogen) atoms. The van der Waals surface area contributed by atoms with Crippen LogP contribution in [0.3, 0.4) is 0 Å². The third-order valence-electron chi connectivity index (χ3n) is 5.29. The largest absolute Gasteiger partial charge is 0.494 e. The molecule has 1 atom stereocenters. The van der Waals surface area contributed by atoms with Crippen LogP contribution in [0.1, 0.15) is 44.2 Å². The van der Waals surface area contributed by atoms with Crippen LogP contribution in [0.15, 0.2) is 53.0 Å². The van der Waals surface area contributed by atoms with Crippen molar-refractivity contribution in [3.8, 4) is 5.75 Å². The van der Waals surface area contributed by atoms with E-state index < -0.39 is 0 Å². The smallest absolute Gasteiger partial charge is 0.220 e. The molecule has 138 valence electrons. The second-order valence-corrected chi connectivity index (χ2v) is 7.94. The number of aryl methyl sites for hydroxylation is 1. The number of hydrogen-bond donors (Lipinski definition) is 1. The summed E-state index contributed by atoms with van der Waals surface area (Å²) < 4.78 is 6.54. The van der Waals surface area contributed by atoms with Gasteiger partial charge in [-0.2, -0.15) is 0 Å². The van der Waals surface area contributed by atoms with Crippen LogP contribution >= 0.6 is 15.9 Å². The minimum atomic E-state index is 0.107. The summed E-state index contributed by atoms with van der Waals surface area (Å²) in [6.07, 6.45) is 3.52. The molecule has 0 aliphatic heterocycles. The van der Waals surface area contributed by atoms with Gasteiger partial charge < -0.3 is 10.1 Å². The predicted octanol–water partition coefficient (Wildman–Crippen LogP) is 5.02. The molecule has 0 radical (unpaired) electrons. The summed E-state index contributed by atoms with van der Waals surface area (Å²) in [5.41, 5.74) is 2.58. The van der Waals surface area contributed by atoms with Crippen LogP contribution in [-0.2, 0) is 16.6 Å². The number of carbonyl (C=O) groups excluding carboxylic acids is 1. The lowest BCUT2D eigenvalue weighted by molar-refractivity contribution is -0.121. The highest BCUT2D eigenvalue weighted by atomic mass is 79.9. The summed E-state index contributed by atoms with van der Waals surface area (Å²) in [6, 6.07) is 16.6. The van der Waals surface area contributed by atoms with Gasteiger partial charge in [0, 0.05) is 22.4 Å². The minimum Gasteiger partial charge on any atom is -0.494 e. The minimum absolute atomic E-state index is 0.107. The van der Waals surface area contributed by atoms with E-state index in [0.717, 1.165) is 35.0 Å². The van der Waals surface area contributed by atoms with Crippen molar-refractivity contribution >= 4 is 21.8 Å². The van der Waals surface area contributed by atoms with Gasteiger partial charge in [-0.15, -0.1) is 0 Å². The third kappa shape index (κ3) is 4.47. The quantitative estimate of drug-likeness (QED) is 0.657. The average Bonchev–Trinajstić information content (AvgIpc) is 3.44. The van der Waals surface area contributed by atoms with Gasteiger partial charge in [0.1, 0.15) is 5.75 Å². The van der Waals surface area contributed by atoms with Gasteiger partial charge in [0.25, 0.3) is 0 Å². The molecule has 1 aliphatic carbocycles. The lowest BCUT2D eigenvalue weighted by atomic mass is 9.89. The van der Waals surface area contributed by atoms with Crippen LogP contribution in [0.2, 0.25) is 0 Å². The highest BCUT2D eigenvalue weighted by molar-refractivity contribution is 9.10. The Kier molecular flexibility index (Phi) is 6.02. The number of hydrogen-bond acceptors (Lipinski definition) is 2. The fraction of sp³-hybridized carbons (Fsp3) is 0.409. The first-order chi connectivity index (χ1) is 12.5. The van der Waals surface area contributed by atoms with Crippen molar-refractivity contribution in [2.24, 2.45) is 0 Å². The molecule has 1 unspecified atom stereocenters. The molecule has 3 rings (SSSR count). The Bertz CT molecular complexity index is 736. The number of carbonyl (C=O) groups is 1. The number of benzene rings is 2. The summed E-state index contributed by atoms with van der Waals surface area (Å²) in [7, 11) is 0. The predicted molar refractivity (Wildman–Crippen MR) is 109 cm³/mol. The molecule has 0 spiro atoms. The Morgan fingerprint density at radius 1 is 1.15 bits per heavy atom. The zero-order chi connectivity index (χ0) is 18.6. The molecular formula is C22H26BrNO2. The van der Waals surface area contributed by atoms with Gasteiger partial charge in [0.05, 0.1) is 6.61 Å². The van der Waals surface area contributed by atoms with Gasteiger partial charge >= 0.3 is 0 Å². The van der Waals surface area contributed by atoms with Crippen molar-refractivity contribution in [3.63, 3.8) is 0 Å². The molecule has 0 bridgehead atoms. The van der Waals surface area contributed by atoms with Crippen LogP contribution in [0.25, 0.3) is 0 Å². The van der Waals surface area contributed by atoms with Crippen LogP contribution < -0.4 is 10.1 Å². The van der Waals surface area contributed by atoms with E-state index >= 15 is 0 Å². The van der Waals surface area contributed by atoms with Crippen LogP contribution in [0, 0.1) is 0 Å². The third-order valence-corrected chi connectivity index (χ3v) is 5.82. The number of rotatable bonds is 8. The summed E-state index contributed by atoms with van der Waals surface area (Å²) in [6.45, 7) is 4.77. The zero-order valence-corrected chi connectivity index (χ0v) is 17.0. The Labute approximate surface area is 164 Å². The van der Waals surface area contributed by atoms with E-state index in [1.54, 1.807) is 0 Å². The topological polar surface area (TPSA) is 38.3 Å². The molecule has 1 aliphatic rings. The lowest BCUT2D eigenvalue weighted by Crippen LogP contribution is -2.41. The molecule has 2 aromatic rings. The molecule has 1 N–H and O–H groups in total. The highest BCUT2D eigenvalue weighted by Crippen LogP contribution is 2.51. The van der Waals surface area contributed by atoms with E-state index in [0.29, 0.717) is 13.0 Å². The molecule has 0 aromatic heterocycles. The molecule has 1 amide bonds. The standard InChI is InChI=1S/C22H26BrNO2/c1-3-26-20-11-4-17(5-12-20)6-13-21(25)24-16(2)22(14-15-22)18-7-9-19(23)10-8-18/h4-5,7-12,16H,3,6,13-15H2,1-2H3,(H,24,25). The summed E-state index contributed by atoms with van der Waals surface area (Å²) in [5, 5.41) is 3.22. The van der Waals surface area contributed by atoms with Crippen molar-refractivity contribution < 1.29 is 9.53 Å². The van der Waals surface area contributed by atoms with Crippen LogP contribution in [0.5, 0.6) is 5.75 Å². The van der Waals surface area contributed by atoms with Gasteiger partial charge in [-0.3, -0.25) is 4.79 Å². The van der Waals surface area contributed by atoms with Crippen LogP contribution in [-0.4, -0.2) is 18.6 Å². The van der Waals surface area contributed by atoms with Crippen molar-refractivity contribution in [1.29, 1.82) is 0 Å². The maximum Gasteiger partial charge on any atom is 0.220 e. The van der Waals surface area contributed by atoms with E-state index in [2.05, 4.69) is 52.4 Å². The average molecular weight is 416 g/mol. The number of amides is 1. The monoisotopic (exact) mass is 415 g/mol. The number of nitrogens with one attached hydrogen (secondary N) is 1. The molecule has 1 saturated carbocycles. The van der Waals surface area contributed by atoms with Crippen molar-refractivity contribution in [2.75, 3.05) is 6.61 Å². The first-order valence-electron chi connectivity index (χ1n) is 9.30. The fourth-order valence-electron chi connectivity index (χ4n) is 3.52. The maximum absolute atomic E-state index is 12.4. The molecule has 4 heteroatoms. The van der Waals surface area contributed by atoms with E-state index in [4.69, 9.17) is 4.74 Å². The summed E-state index contributed by atoms with van der Waals surface area (Å²) in [4.78, 5) is 12.4. The lowest BCUT2D eigenvalue weighted by Gasteiger charge is -2.25. The summed E-state index contributed by atoms with van der Waals surface area (Å²) in [5.74, 6) is 0.995. The second kappa shape index (κ2) is 8.26. The Morgan fingerprint density at radius 2 is 1.81 bits per heavy atom. The zero-order valence-electron chi connectivity index (χ0n) is 15.4. The van der Waals surface area contributed by atoms with Gasteiger partial charge in [0.2, 0.25) is 5.91 Å². The van der Waals surface area contributed by atoms with E-state index in [1.807, 2.05) is 31.2 Å². The van der Waals surface area contributed by atoms with Gasteiger partial charge in [0.15, 0.2) is 0 Å². The van der Waals surface area contributed by atoms with Crippen molar-refractivity contribution in [1.82, 2.24) is 5.32 Å². The number of ether oxygens (including phenoxy) is 1. The molecular weight excluding hydrogens is 390 g/mol. The molecule has 0 saturated heterocycles. The fourth-order valence-corrected chi connectivity index (χ4v) is 3.78. The Hall–Kier alpha value is -1.81. The molecule has 1 fully saturated rings. The maximum atomic E-state index is 12.4. The SMILES string of the molecule is CCOc1ccc(CCC(=O)NC(C)C2(c3ccc(Br)cc3)CC2)cc1. The van der Waals surface area contributed by atoms with Crippen molar-refractivity contribution in [3.05, 3.63) is 64.1 Å². The first-order valence-corrected chi connectivity index (χ1v) is 10.1. The van der Waals surface area contributed by atoms with E-state index in [9.17, 15) is 4.79 Å². The van der Waals surface area contributed by atoms with Gasteiger partial charge in [-0.25, -0.2) is 0 Å².